The maximum Gasteiger partial charge on any atom is 0.264 e. The molecule has 7 nitrogen and oxygen atoms in total. The van der Waals surface area contributed by atoms with E-state index < -0.39 is 28.5 Å². The van der Waals surface area contributed by atoms with Crippen LogP contribution in [0, 0.1) is 13.8 Å². The number of rotatable bonds is 11. The Bertz CT molecular complexity index is 1630. The van der Waals surface area contributed by atoms with Gasteiger partial charge in [-0.25, -0.2) is 8.42 Å². The van der Waals surface area contributed by atoms with Gasteiger partial charge in [0, 0.05) is 25.0 Å². The van der Waals surface area contributed by atoms with Crippen LogP contribution in [0.2, 0.25) is 5.02 Å². The summed E-state index contributed by atoms with van der Waals surface area (Å²) in [5.74, 6) is -0.892. The summed E-state index contributed by atoms with van der Waals surface area (Å²) in [4.78, 5) is 29.1. The molecule has 0 heterocycles. The fourth-order valence-electron chi connectivity index (χ4n) is 4.90. The van der Waals surface area contributed by atoms with Crippen LogP contribution in [-0.2, 0) is 32.6 Å². The molecule has 0 spiro atoms. The number of nitrogens with one attached hydrogen (secondary N) is 1. The summed E-state index contributed by atoms with van der Waals surface area (Å²) in [6, 6.07) is 29.0. The van der Waals surface area contributed by atoms with E-state index in [4.69, 9.17) is 11.6 Å². The van der Waals surface area contributed by atoms with Crippen molar-refractivity contribution in [3.63, 3.8) is 0 Å². The predicted octanol–water partition coefficient (Wildman–Crippen LogP) is 5.54. The maximum atomic E-state index is 14.3. The molecule has 0 aliphatic heterocycles. The van der Waals surface area contributed by atoms with Crippen molar-refractivity contribution in [3.8, 4) is 0 Å². The number of anilines is 1. The monoisotopic (exact) mass is 603 g/mol. The van der Waals surface area contributed by atoms with Crippen LogP contribution < -0.4 is 9.62 Å². The van der Waals surface area contributed by atoms with Gasteiger partial charge in [-0.05, 0) is 72.5 Å². The zero-order chi connectivity index (χ0) is 30.3. The van der Waals surface area contributed by atoms with Crippen molar-refractivity contribution < 1.29 is 18.0 Å². The van der Waals surface area contributed by atoms with Gasteiger partial charge in [-0.2, -0.15) is 0 Å². The lowest BCUT2D eigenvalue weighted by Gasteiger charge is -2.33. The fourth-order valence-corrected chi connectivity index (χ4v) is 6.53. The molecule has 0 fully saturated rings. The number of nitrogens with zero attached hydrogens (tertiary/aromatic N) is 2. The van der Waals surface area contributed by atoms with Crippen molar-refractivity contribution in [3.05, 3.63) is 130 Å². The number of likely N-dealkylation sites (N-methyl/N-ethyl adjacent to an activating group) is 1. The van der Waals surface area contributed by atoms with Crippen LogP contribution in [-0.4, -0.2) is 44.8 Å². The van der Waals surface area contributed by atoms with Crippen molar-refractivity contribution in [2.24, 2.45) is 0 Å². The van der Waals surface area contributed by atoms with Gasteiger partial charge < -0.3 is 10.2 Å². The van der Waals surface area contributed by atoms with Gasteiger partial charge in [0.15, 0.2) is 0 Å². The van der Waals surface area contributed by atoms with E-state index in [9.17, 15) is 18.0 Å². The first-order chi connectivity index (χ1) is 20.1. The van der Waals surface area contributed by atoms with Crippen LogP contribution in [0.4, 0.5) is 5.69 Å². The largest absolute Gasteiger partial charge is 0.357 e. The number of carbonyl (C=O) groups is 2. The molecule has 0 aliphatic carbocycles. The Morgan fingerprint density at radius 2 is 1.40 bits per heavy atom. The molecule has 42 heavy (non-hydrogen) atoms. The summed E-state index contributed by atoms with van der Waals surface area (Å²) in [7, 11) is -2.62. The predicted molar refractivity (Wildman–Crippen MR) is 167 cm³/mol. The summed E-state index contributed by atoms with van der Waals surface area (Å²) < 4.78 is 29.2. The van der Waals surface area contributed by atoms with Crippen molar-refractivity contribution in [1.82, 2.24) is 10.2 Å². The van der Waals surface area contributed by atoms with Gasteiger partial charge in [-0.3, -0.25) is 13.9 Å². The highest BCUT2D eigenvalue weighted by atomic mass is 35.5. The molecule has 2 amide bonds. The topological polar surface area (TPSA) is 86.8 Å². The van der Waals surface area contributed by atoms with Gasteiger partial charge in [0.2, 0.25) is 11.8 Å². The van der Waals surface area contributed by atoms with Crippen LogP contribution in [0.15, 0.2) is 108 Å². The lowest BCUT2D eigenvalue weighted by molar-refractivity contribution is -0.139. The van der Waals surface area contributed by atoms with Gasteiger partial charge in [-0.15, -0.1) is 0 Å². The third-order valence-electron chi connectivity index (χ3n) is 6.86. The van der Waals surface area contributed by atoms with E-state index in [0.717, 1.165) is 21.0 Å². The Labute approximate surface area is 252 Å². The van der Waals surface area contributed by atoms with Crippen molar-refractivity contribution in [1.29, 1.82) is 0 Å². The van der Waals surface area contributed by atoms with Crippen molar-refractivity contribution in [2.75, 3.05) is 17.9 Å². The van der Waals surface area contributed by atoms with Gasteiger partial charge in [0.05, 0.1) is 10.6 Å². The van der Waals surface area contributed by atoms with Crippen molar-refractivity contribution in [2.45, 2.75) is 37.8 Å². The van der Waals surface area contributed by atoms with E-state index >= 15 is 0 Å². The van der Waals surface area contributed by atoms with E-state index in [1.54, 1.807) is 48.5 Å². The molecular weight excluding hydrogens is 570 g/mol. The molecule has 0 aromatic heterocycles. The highest BCUT2D eigenvalue weighted by Gasteiger charge is 2.34. The highest BCUT2D eigenvalue weighted by Crippen LogP contribution is 2.27. The Kier molecular flexibility index (Phi) is 10.0. The van der Waals surface area contributed by atoms with E-state index in [2.05, 4.69) is 5.32 Å². The number of carbonyl (C=O) groups excluding carboxylic acids is 2. The minimum atomic E-state index is -4.14. The van der Waals surface area contributed by atoms with E-state index in [-0.39, 0.29) is 23.8 Å². The second kappa shape index (κ2) is 13.7. The third kappa shape index (κ3) is 7.57. The molecule has 4 aromatic rings. The first-order valence-electron chi connectivity index (χ1n) is 13.5. The highest BCUT2D eigenvalue weighted by molar-refractivity contribution is 7.92. The first kappa shape index (κ1) is 30.8. The second-order valence-electron chi connectivity index (χ2n) is 10.1. The van der Waals surface area contributed by atoms with Crippen LogP contribution >= 0.6 is 11.6 Å². The summed E-state index contributed by atoms with van der Waals surface area (Å²) in [5.41, 5.74) is 3.65. The number of amides is 2. The number of hydrogen-bond acceptors (Lipinski definition) is 4. The van der Waals surface area contributed by atoms with E-state index in [1.807, 2.05) is 56.3 Å². The lowest BCUT2D eigenvalue weighted by atomic mass is 10.0. The number of benzene rings is 4. The molecule has 0 saturated carbocycles. The van der Waals surface area contributed by atoms with Gasteiger partial charge in [0.25, 0.3) is 10.0 Å². The second-order valence-corrected chi connectivity index (χ2v) is 12.4. The molecule has 0 radical (unpaired) electrons. The Hall–Kier alpha value is -4.14. The summed E-state index contributed by atoms with van der Waals surface area (Å²) in [6.07, 6.45) is 0.238. The minimum absolute atomic E-state index is 0.0520. The van der Waals surface area contributed by atoms with Crippen LogP contribution in [0.25, 0.3) is 0 Å². The molecule has 0 unspecified atom stereocenters. The molecular formula is C33H34ClN3O4S. The summed E-state index contributed by atoms with van der Waals surface area (Å²) in [6.45, 7) is 3.29. The average molecular weight is 604 g/mol. The molecule has 0 saturated heterocycles. The minimum Gasteiger partial charge on any atom is -0.357 e. The molecule has 4 rings (SSSR count). The van der Waals surface area contributed by atoms with Crippen LogP contribution in [0.3, 0.4) is 0 Å². The number of aryl methyl sites for hydroxylation is 2. The fraction of sp³-hybridized carbons (Fsp3) is 0.212. The lowest BCUT2D eigenvalue weighted by Crippen LogP contribution is -2.53. The molecule has 9 heteroatoms. The Morgan fingerprint density at radius 3 is 2.00 bits per heavy atom. The molecule has 1 N–H and O–H groups in total. The molecule has 0 aliphatic rings. The Morgan fingerprint density at radius 1 is 0.810 bits per heavy atom. The van der Waals surface area contributed by atoms with E-state index in [1.165, 1.54) is 24.1 Å². The Balaban J connectivity index is 1.81. The zero-order valence-electron chi connectivity index (χ0n) is 23.8. The summed E-state index contributed by atoms with van der Waals surface area (Å²) >= 11 is 6.26. The number of sulfonamides is 1. The van der Waals surface area contributed by atoms with Gasteiger partial charge >= 0.3 is 0 Å². The number of hydrogen-bond donors (Lipinski definition) is 1. The molecule has 1 atom stereocenters. The summed E-state index contributed by atoms with van der Waals surface area (Å²) in [5, 5.41) is 3.17. The quantitative estimate of drug-likeness (QED) is 0.244. The molecule has 0 bridgehead atoms. The normalized spacial score (nSPS) is 11.9. The van der Waals surface area contributed by atoms with E-state index in [0.29, 0.717) is 16.3 Å². The van der Waals surface area contributed by atoms with Crippen molar-refractivity contribution >= 4 is 39.1 Å². The van der Waals surface area contributed by atoms with Crippen LogP contribution in [0.1, 0.15) is 22.3 Å². The maximum absolute atomic E-state index is 14.3. The zero-order valence-corrected chi connectivity index (χ0v) is 25.4. The standard InChI is InChI=1S/C33H34ClN3O4S/c1-24-17-25(2)19-29(18-24)37(42(40,41)30-15-8-5-9-16-30)23-32(38)36(22-27-13-10-14-28(34)20-27)31(33(39)35-3)21-26-11-6-4-7-12-26/h4-20,31H,21-23H2,1-3H3,(H,35,39)/t31-/m1/s1. The molecule has 4 aromatic carbocycles. The first-order valence-corrected chi connectivity index (χ1v) is 15.4. The van der Waals surface area contributed by atoms with Gasteiger partial charge in [0.1, 0.15) is 12.6 Å². The molecule has 218 valence electrons. The number of halogens is 1. The van der Waals surface area contributed by atoms with Gasteiger partial charge in [-0.1, -0.05) is 78.3 Å². The average Bonchev–Trinajstić information content (AvgIpc) is 2.97. The smallest absolute Gasteiger partial charge is 0.264 e. The SMILES string of the molecule is CNC(=O)[C@@H](Cc1ccccc1)N(Cc1cccc(Cl)c1)C(=O)CN(c1cc(C)cc(C)c1)S(=O)(=O)c1ccccc1. The third-order valence-corrected chi connectivity index (χ3v) is 8.89. The van der Waals surface area contributed by atoms with Crippen LogP contribution in [0.5, 0.6) is 0 Å².